The molecule has 3 aromatic heterocycles. The molecule has 6 nitrogen and oxygen atoms in total. The van der Waals surface area contributed by atoms with E-state index in [9.17, 15) is 0 Å². The maximum atomic E-state index is 4.69. The van der Waals surface area contributed by atoms with Gasteiger partial charge in [-0.15, -0.1) is 0 Å². The Balaban J connectivity index is 1.84. The first-order valence-electron chi connectivity index (χ1n) is 7.99. The lowest BCUT2D eigenvalue weighted by molar-refractivity contribution is 0.925. The van der Waals surface area contributed by atoms with E-state index in [1.807, 2.05) is 44.4 Å². The first kappa shape index (κ1) is 15.1. The van der Waals surface area contributed by atoms with Crippen molar-refractivity contribution >= 4 is 22.6 Å². The maximum absolute atomic E-state index is 4.69. The van der Waals surface area contributed by atoms with Crippen LogP contribution in [0.3, 0.4) is 0 Å². The smallest absolute Gasteiger partial charge is 0.117 e. The predicted octanol–water partition coefficient (Wildman–Crippen LogP) is 3.60. The fourth-order valence-electron chi connectivity index (χ4n) is 2.75. The van der Waals surface area contributed by atoms with Crippen LogP contribution >= 0.6 is 0 Å². The molecular weight excluding hydrogens is 312 g/mol. The average molecular weight is 330 g/mol. The molecule has 0 amide bonds. The number of pyridine rings is 1. The Bertz CT molecular complexity index is 1010. The third kappa shape index (κ3) is 2.89. The monoisotopic (exact) mass is 330 g/mol. The molecule has 0 spiro atoms. The topological polar surface area (TPSA) is 58.3 Å². The van der Waals surface area contributed by atoms with Crippen molar-refractivity contribution < 1.29 is 0 Å². The molecule has 4 aromatic rings. The van der Waals surface area contributed by atoms with Crippen molar-refractivity contribution in [3.8, 4) is 11.3 Å². The van der Waals surface area contributed by atoms with Crippen LogP contribution in [0.4, 0.5) is 17.1 Å². The van der Waals surface area contributed by atoms with Crippen molar-refractivity contribution in [3.63, 3.8) is 0 Å². The molecule has 6 heteroatoms. The first-order chi connectivity index (χ1) is 12.2. The number of nitrogens with zero attached hydrogens (tertiary/aromatic N) is 5. The number of rotatable bonds is 4. The Labute approximate surface area is 145 Å². The number of benzene rings is 1. The molecule has 3 heterocycles. The predicted molar refractivity (Wildman–Crippen MR) is 100 cm³/mol. The molecule has 1 aromatic carbocycles. The Hall–Kier alpha value is -3.41. The van der Waals surface area contributed by atoms with Crippen LogP contribution in [0.2, 0.25) is 0 Å². The third-order valence-corrected chi connectivity index (χ3v) is 4.03. The molecular formula is C19H18N6. The van der Waals surface area contributed by atoms with Gasteiger partial charge in [-0.3, -0.25) is 4.98 Å². The highest BCUT2D eigenvalue weighted by atomic mass is 15.3. The molecule has 0 aliphatic rings. The highest BCUT2D eigenvalue weighted by Crippen LogP contribution is 2.33. The number of fused-ring (bicyclic) bond motifs is 1. The summed E-state index contributed by atoms with van der Waals surface area (Å²) in [5.41, 5.74) is 5.93. The van der Waals surface area contributed by atoms with Gasteiger partial charge in [-0.05, 0) is 36.4 Å². The summed E-state index contributed by atoms with van der Waals surface area (Å²) in [5, 5.41) is 8.22. The van der Waals surface area contributed by atoms with Gasteiger partial charge in [0.2, 0.25) is 0 Å². The summed E-state index contributed by atoms with van der Waals surface area (Å²) >= 11 is 0. The van der Waals surface area contributed by atoms with E-state index in [4.69, 9.17) is 5.10 Å². The van der Waals surface area contributed by atoms with E-state index in [0.717, 1.165) is 33.8 Å². The largest absolute Gasteiger partial charge is 0.378 e. The average Bonchev–Trinajstić information content (AvgIpc) is 3.01. The van der Waals surface area contributed by atoms with Crippen LogP contribution in [0.1, 0.15) is 0 Å². The van der Waals surface area contributed by atoms with Gasteiger partial charge in [0.15, 0.2) is 0 Å². The van der Waals surface area contributed by atoms with Crippen LogP contribution in [0.15, 0.2) is 67.4 Å². The summed E-state index contributed by atoms with van der Waals surface area (Å²) < 4.78 is 1.79. The van der Waals surface area contributed by atoms with Crippen molar-refractivity contribution in [1.82, 2.24) is 19.6 Å². The SMILES string of the molecule is CN(C)c1cccc(Nc2c(-c3ccncc3)nn3cnccc23)c1. The van der Waals surface area contributed by atoms with Gasteiger partial charge in [-0.25, -0.2) is 9.50 Å². The van der Waals surface area contributed by atoms with Gasteiger partial charge in [0.05, 0.1) is 11.2 Å². The van der Waals surface area contributed by atoms with Crippen molar-refractivity contribution in [2.45, 2.75) is 0 Å². The number of hydrogen-bond acceptors (Lipinski definition) is 5. The zero-order valence-corrected chi connectivity index (χ0v) is 14.1. The Kier molecular flexibility index (Phi) is 3.78. The standard InChI is InChI=1S/C19H18N6/c1-24(2)16-5-3-4-15(12-16)22-19-17-8-11-21-13-25(17)23-18(19)14-6-9-20-10-7-14/h3-13,22H,1-2H3. The minimum absolute atomic E-state index is 0.866. The second-order valence-corrected chi connectivity index (χ2v) is 5.94. The summed E-state index contributed by atoms with van der Waals surface area (Å²) in [6, 6.07) is 14.1. The van der Waals surface area contributed by atoms with E-state index in [1.165, 1.54) is 0 Å². The van der Waals surface area contributed by atoms with Gasteiger partial charge in [-0.1, -0.05) is 6.07 Å². The van der Waals surface area contributed by atoms with Gasteiger partial charge in [0.1, 0.15) is 12.0 Å². The lowest BCUT2D eigenvalue weighted by atomic mass is 10.1. The number of anilines is 3. The quantitative estimate of drug-likeness (QED) is 0.619. The third-order valence-electron chi connectivity index (χ3n) is 4.03. The summed E-state index contributed by atoms with van der Waals surface area (Å²) in [6.45, 7) is 0. The van der Waals surface area contributed by atoms with E-state index in [2.05, 4.69) is 32.3 Å². The van der Waals surface area contributed by atoms with E-state index < -0.39 is 0 Å². The summed E-state index contributed by atoms with van der Waals surface area (Å²) in [7, 11) is 4.06. The van der Waals surface area contributed by atoms with E-state index in [1.54, 1.807) is 29.4 Å². The van der Waals surface area contributed by atoms with E-state index in [-0.39, 0.29) is 0 Å². The van der Waals surface area contributed by atoms with Gasteiger partial charge >= 0.3 is 0 Å². The molecule has 4 rings (SSSR count). The normalized spacial score (nSPS) is 10.8. The highest BCUT2D eigenvalue weighted by molar-refractivity contribution is 5.90. The number of nitrogens with one attached hydrogen (secondary N) is 1. The van der Waals surface area contributed by atoms with Gasteiger partial charge in [-0.2, -0.15) is 5.10 Å². The zero-order chi connectivity index (χ0) is 17.2. The molecule has 0 saturated heterocycles. The lowest BCUT2D eigenvalue weighted by Crippen LogP contribution is -2.08. The molecule has 0 fully saturated rings. The van der Waals surface area contributed by atoms with Crippen LogP contribution in [-0.4, -0.2) is 33.7 Å². The molecule has 124 valence electrons. The Morgan fingerprint density at radius 2 is 1.76 bits per heavy atom. The van der Waals surface area contributed by atoms with Gasteiger partial charge in [0, 0.05) is 49.6 Å². The minimum atomic E-state index is 0.866. The van der Waals surface area contributed by atoms with Crippen LogP contribution in [0, 0.1) is 0 Å². The number of aromatic nitrogens is 4. The molecule has 0 radical (unpaired) electrons. The van der Waals surface area contributed by atoms with Crippen LogP contribution < -0.4 is 10.2 Å². The van der Waals surface area contributed by atoms with Gasteiger partial charge in [0.25, 0.3) is 0 Å². The van der Waals surface area contributed by atoms with Crippen molar-refractivity contribution in [3.05, 3.63) is 67.4 Å². The molecule has 25 heavy (non-hydrogen) atoms. The van der Waals surface area contributed by atoms with Crippen molar-refractivity contribution in [1.29, 1.82) is 0 Å². The fraction of sp³-hybridized carbons (Fsp3) is 0.105. The molecule has 0 aliphatic carbocycles. The molecule has 0 aliphatic heterocycles. The van der Waals surface area contributed by atoms with Crippen molar-refractivity contribution in [2.24, 2.45) is 0 Å². The summed E-state index contributed by atoms with van der Waals surface area (Å²) in [4.78, 5) is 10.3. The summed E-state index contributed by atoms with van der Waals surface area (Å²) in [6.07, 6.45) is 7.03. The Morgan fingerprint density at radius 3 is 2.56 bits per heavy atom. The molecule has 0 bridgehead atoms. The molecule has 0 atom stereocenters. The van der Waals surface area contributed by atoms with Crippen LogP contribution in [0.25, 0.3) is 16.8 Å². The zero-order valence-electron chi connectivity index (χ0n) is 14.1. The maximum Gasteiger partial charge on any atom is 0.117 e. The second kappa shape index (κ2) is 6.24. The Morgan fingerprint density at radius 1 is 0.960 bits per heavy atom. The minimum Gasteiger partial charge on any atom is -0.378 e. The fourth-order valence-corrected chi connectivity index (χ4v) is 2.75. The van der Waals surface area contributed by atoms with Crippen LogP contribution in [-0.2, 0) is 0 Å². The summed E-state index contributed by atoms with van der Waals surface area (Å²) in [5.74, 6) is 0. The molecule has 0 saturated carbocycles. The van der Waals surface area contributed by atoms with E-state index in [0.29, 0.717) is 0 Å². The van der Waals surface area contributed by atoms with Crippen molar-refractivity contribution in [2.75, 3.05) is 24.3 Å². The first-order valence-corrected chi connectivity index (χ1v) is 7.99. The lowest BCUT2D eigenvalue weighted by Gasteiger charge is -2.14. The van der Waals surface area contributed by atoms with E-state index >= 15 is 0 Å². The van der Waals surface area contributed by atoms with Gasteiger partial charge < -0.3 is 10.2 Å². The second-order valence-electron chi connectivity index (χ2n) is 5.94. The molecule has 1 N–H and O–H groups in total. The van der Waals surface area contributed by atoms with Crippen LogP contribution in [0.5, 0.6) is 0 Å². The highest BCUT2D eigenvalue weighted by Gasteiger charge is 2.15. The number of hydrogen-bond donors (Lipinski definition) is 1. The molecule has 0 unspecified atom stereocenters.